The Balaban J connectivity index is 2.08. The van der Waals surface area contributed by atoms with Crippen molar-refractivity contribution in [3.8, 4) is 22.7 Å². The minimum atomic E-state index is 0.549. The largest absolute Gasteiger partial charge is 0.497 e. The number of ether oxygens (including phenoxy) is 1. The first-order valence-corrected chi connectivity index (χ1v) is 8.03. The maximum Gasteiger partial charge on any atom is 0.119 e. The van der Waals surface area contributed by atoms with Gasteiger partial charge in [-0.3, -0.25) is 0 Å². The second kappa shape index (κ2) is 6.33. The number of rotatable bonds is 4. The first-order chi connectivity index (χ1) is 11.1. The van der Waals surface area contributed by atoms with Crippen molar-refractivity contribution in [3.63, 3.8) is 0 Å². The lowest BCUT2D eigenvalue weighted by Crippen LogP contribution is -1.99. The van der Waals surface area contributed by atoms with Crippen LogP contribution >= 0.6 is 0 Å². The Morgan fingerprint density at radius 1 is 0.913 bits per heavy atom. The van der Waals surface area contributed by atoms with E-state index in [2.05, 4.69) is 73.9 Å². The molecule has 0 spiro atoms. The molecule has 0 saturated heterocycles. The number of aromatic nitrogens is 1. The molecule has 1 heterocycles. The number of hydrogen-bond donors (Lipinski definition) is 0. The summed E-state index contributed by atoms with van der Waals surface area (Å²) in [6.07, 6.45) is 0. The van der Waals surface area contributed by atoms with Gasteiger partial charge in [0, 0.05) is 16.9 Å². The highest BCUT2D eigenvalue weighted by Crippen LogP contribution is 2.29. The van der Waals surface area contributed by atoms with Gasteiger partial charge in [0.05, 0.1) is 12.8 Å². The van der Waals surface area contributed by atoms with Gasteiger partial charge in [0.1, 0.15) is 5.75 Å². The molecule has 1 aromatic heterocycles. The zero-order valence-corrected chi connectivity index (χ0v) is 14.2. The summed E-state index contributed by atoms with van der Waals surface area (Å²) in [4.78, 5) is 0. The van der Waals surface area contributed by atoms with E-state index in [0.717, 1.165) is 11.3 Å². The van der Waals surface area contributed by atoms with Crippen LogP contribution < -0.4 is 4.74 Å². The average molecular weight is 305 g/mol. The maximum absolute atomic E-state index is 5.36. The quantitative estimate of drug-likeness (QED) is 0.613. The molecule has 3 aromatic rings. The predicted molar refractivity (Wildman–Crippen MR) is 96.6 cm³/mol. The van der Waals surface area contributed by atoms with E-state index in [0.29, 0.717) is 5.92 Å². The van der Waals surface area contributed by atoms with Gasteiger partial charge in [-0.25, -0.2) is 0 Å². The van der Waals surface area contributed by atoms with E-state index >= 15 is 0 Å². The molecule has 23 heavy (non-hydrogen) atoms. The van der Waals surface area contributed by atoms with Crippen LogP contribution in [0.5, 0.6) is 5.75 Å². The lowest BCUT2D eigenvalue weighted by Gasteiger charge is -2.14. The Bertz CT molecular complexity index is 797. The number of aryl methyl sites for hydroxylation is 1. The second-order valence-electron chi connectivity index (χ2n) is 6.17. The van der Waals surface area contributed by atoms with Crippen LogP contribution in [-0.2, 0) is 0 Å². The summed E-state index contributed by atoms with van der Waals surface area (Å²) < 4.78 is 7.65. The highest BCUT2D eigenvalue weighted by molar-refractivity contribution is 5.65. The topological polar surface area (TPSA) is 14.2 Å². The molecule has 3 rings (SSSR count). The van der Waals surface area contributed by atoms with Crippen LogP contribution in [0, 0.1) is 6.92 Å². The zero-order chi connectivity index (χ0) is 16.4. The first-order valence-electron chi connectivity index (χ1n) is 8.03. The molecule has 2 nitrogen and oxygen atoms in total. The minimum Gasteiger partial charge on any atom is -0.497 e. The standard InChI is InChI=1S/C21H23NO/c1-15(2)17-9-11-19(12-10-17)22-16(3)8-13-21(22)18-6-5-7-20(14-18)23-4/h5-15H,1-4H3. The van der Waals surface area contributed by atoms with Crippen molar-refractivity contribution in [1.29, 1.82) is 0 Å². The summed E-state index contributed by atoms with van der Waals surface area (Å²) in [5.41, 5.74) is 6.11. The van der Waals surface area contributed by atoms with E-state index in [9.17, 15) is 0 Å². The van der Waals surface area contributed by atoms with Crippen molar-refractivity contribution >= 4 is 0 Å². The Labute approximate surface area is 138 Å². The van der Waals surface area contributed by atoms with Crippen molar-refractivity contribution < 1.29 is 4.74 Å². The summed E-state index contributed by atoms with van der Waals surface area (Å²) in [6.45, 7) is 6.58. The van der Waals surface area contributed by atoms with Crippen molar-refractivity contribution in [2.75, 3.05) is 7.11 Å². The van der Waals surface area contributed by atoms with Gasteiger partial charge in [-0.15, -0.1) is 0 Å². The minimum absolute atomic E-state index is 0.549. The van der Waals surface area contributed by atoms with Crippen molar-refractivity contribution in [2.45, 2.75) is 26.7 Å². The molecule has 0 aliphatic heterocycles. The van der Waals surface area contributed by atoms with Gasteiger partial charge >= 0.3 is 0 Å². The lowest BCUT2D eigenvalue weighted by molar-refractivity contribution is 0.415. The fourth-order valence-electron chi connectivity index (χ4n) is 2.90. The molecule has 2 heteroatoms. The summed E-state index contributed by atoms with van der Waals surface area (Å²) in [5, 5.41) is 0. The van der Waals surface area contributed by atoms with Crippen molar-refractivity contribution in [2.24, 2.45) is 0 Å². The fraction of sp³-hybridized carbons (Fsp3) is 0.238. The predicted octanol–water partition coefficient (Wildman–Crippen LogP) is 5.58. The van der Waals surface area contributed by atoms with Crippen LogP contribution in [0.4, 0.5) is 0 Å². The average Bonchev–Trinajstić information content (AvgIpc) is 2.96. The third-order valence-electron chi connectivity index (χ3n) is 4.26. The summed E-state index contributed by atoms with van der Waals surface area (Å²) >= 11 is 0. The third kappa shape index (κ3) is 3.02. The molecule has 118 valence electrons. The van der Waals surface area contributed by atoms with Gasteiger partial charge in [0.2, 0.25) is 0 Å². The molecule has 0 atom stereocenters. The highest BCUT2D eigenvalue weighted by Gasteiger charge is 2.10. The Morgan fingerprint density at radius 3 is 2.30 bits per heavy atom. The lowest BCUT2D eigenvalue weighted by atomic mass is 10.0. The van der Waals surface area contributed by atoms with Gasteiger partial charge in [-0.05, 0) is 54.8 Å². The molecule has 0 amide bonds. The molecule has 0 unspecified atom stereocenters. The normalized spacial score (nSPS) is 11.0. The number of benzene rings is 2. The SMILES string of the molecule is COc1cccc(-c2ccc(C)n2-c2ccc(C(C)C)cc2)c1. The van der Waals surface area contributed by atoms with Crippen molar-refractivity contribution in [3.05, 3.63) is 71.9 Å². The zero-order valence-electron chi connectivity index (χ0n) is 14.2. The molecule has 0 bridgehead atoms. The molecule has 0 saturated carbocycles. The van der Waals surface area contributed by atoms with Crippen LogP contribution in [0.3, 0.4) is 0 Å². The highest BCUT2D eigenvalue weighted by atomic mass is 16.5. The van der Waals surface area contributed by atoms with Crippen molar-refractivity contribution in [1.82, 2.24) is 4.57 Å². The molecular formula is C21H23NO. The van der Waals surface area contributed by atoms with Gasteiger partial charge in [-0.2, -0.15) is 0 Å². The first kappa shape index (κ1) is 15.4. The molecule has 0 aliphatic rings. The molecule has 0 fully saturated rings. The van der Waals surface area contributed by atoms with Gasteiger partial charge in [0.15, 0.2) is 0 Å². The van der Waals surface area contributed by atoms with Crippen LogP contribution in [0.15, 0.2) is 60.7 Å². The summed E-state index contributed by atoms with van der Waals surface area (Å²) in [7, 11) is 1.70. The molecule has 0 N–H and O–H groups in total. The molecule has 2 aromatic carbocycles. The van der Waals surface area contributed by atoms with Gasteiger partial charge < -0.3 is 9.30 Å². The van der Waals surface area contributed by atoms with Crippen LogP contribution in [-0.4, -0.2) is 11.7 Å². The van der Waals surface area contributed by atoms with E-state index < -0.39 is 0 Å². The summed E-state index contributed by atoms with van der Waals surface area (Å²) in [6, 6.07) is 21.4. The van der Waals surface area contributed by atoms with Crippen LogP contribution in [0.2, 0.25) is 0 Å². The third-order valence-corrected chi connectivity index (χ3v) is 4.26. The van der Waals surface area contributed by atoms with E-state index in [4.69, 9.17) is 4.74 Å². The van der Waals surface area contributed by atoms with Crippen LogP contribution in [0.1, 0.15) is 31.0 Å². The smallest absolute Gasteiger partial charge is 0.119 e. The van der Waals surface area contributed by atoms with E-state index in [-0.39, 0.29) is 0 Å². The number of nitrogens with zero attached hydrogens (tertiary/aromatic N) is 1. The summed E-state index contributed by atoms with van der Waals surface area (Å²) in [5.74, 6) is 1.43. The number of hydrogen-bond acceptors (Lipinski definition) is 1. The fourth-order valence-corrected chi connectivity index (χ4v) is 2.90. The Morgan fingerprint density at radius 2 is 1.65 bits per heavy atom. The monoisotopic (exact) mass is 305 g/mol. The molecular weight excluding hydrogens is 282 g/mol. The Hall–Kier alpha value is -2.48. The van der Waals surface area contributed by atoms with E-state index in [1.54, 1.807) is 7.11 Å². The Kier molecular flexibility index (Phi) is 4.24. The van der Waals surface area contributed by atoms with Gasteiger partial charge in [-0.1, -0.05) is 38.1 Å². The number of methoxy groups -OCH3 is 1. The molecule has 0 radical (unpaired) electrons. The van der Waals surface area contributed by atoms with E-state index in [1.165, 1.54) is 22.6 Å². The van der Waals surface area contributed by atoms with E-state index in [1.807, 2.05) is 12.1 Å². The maximum atomic E-state index is 5.36. The van der Waals surface area contributed by atoms with Crippen LogP contribution in [0.25, 0.3) is 16.9 Å². The van der Waals surface area contributed by atoms with Gasteiger partial charge in [0.25, 0.3) is 0 Å². The second-order valence-corrected chi connectivity index (χ2v) is 6.17. The molecule has 0 aliphatic carbocycles.